The Bertz CT molecular complexity index is 547. The molecule has 0 aliphatic rings. The molecule has 2 aromatic rings. The minimum Gasteiger partial charge on any atom is -0.491 e. The molecule has 0 saturated carbocycles. The van der Waals surface area contributed by atoms with Crippen molar-refractivity contribution in [3.63, 3.8) is 0 Å². The normalized spacial score (nSPS) is 10.0. The smallest absolute Gasteiger partial charge is 0.318 e. The molecule has 2 rings (SSSR count). The van der Waals surface area contributed by atoms with E-state index in [0.717, 1.165) is 12.2 Å². The van der Waals surface area contributed by atoms with Crippen LogP contribution in [0.1, 0.15) is 18.4 Å². The fourth-order valence-corrected chi connectivity index (χ4v) is 1.81. The maximum absolute atomic E-state index is 5.80. The van der Waals surface area contributed by atoms with E-state index in [-0.39, 0.29) is 19.0 Å². The van der Waals surface area contributed by atoms with Crippen LogP contribution in [0.5, 0.6) is 5.75 Å². The van der Waals surface area contributed by atoms with Gasteiger partial charge in [0.2, 0.25) is 5.89 Å². The van der Waals surface area contributed by atoms with E-state index in [0.29, 0.717) is 25.1 Å². The van der Waals surface area contributed by atoms with E-state index in [9.17, 15) is 0 Å². The average Bonchev–Trinajstić information content (AvgIpc) is 2.96. The molecular formula is C14H21ClN4O2. The average molecular weight is 313 g/mol. The van der Waals surface area contributed by atoms with Crippen LogP contribution in [-0.4, -0.2) is 30.4 Å². The van der Waals surface area contributed by atoms with Crippen molar-refractivity contribution in [2.24, 2.45) is 5.73 Å². The summed E-state index contributed by atoms with van der Waals surface area (Å²) in [6.07, 6.45) is 0.954. The van der Waals surface area contributed by atoms with E-state index in [1.807, 2.05) is 30.1 Å². The number of aryl methyl sites for hydroxylation is 1. The van der Waals surface area contributed by atoms with Crippen molar-refractivity contribution in [1.29, 1.82) is 0 Å². The van der Waals surface area contributed by atoms with Crippen LogP contribution in [0.25, 0.3) is 0 Å². The van der Waals surface area contributed by atoms with E-state index in [1.54, 1.807) is 0 Å². The van der Waals surface area contributed by atoms with Crippen molar-refractivity contribution < 1.29 is 9.15 Å². The molecule has 116 valence electrons. The van der Waals surface area contributed by atoms with Gasteiger partial charge in [-0.25, -0.2) is 0 Å². The van der Waals surface area contributed by atoms with Crippen LogP contribution in [0.15, 0.2) is 28.7 Å². The first-order valence-electron chi connectivity index (χ1n) is 6.69. The van der Waals surface area contributed by atoms with Crippen molar-refractivity contribution >= 4 is 18.4 Å². The van der Waals surface area contributed by atoms with Gasteiger partial charge in [-0.1, -0.05) is 30.2 Å². The summed E-state index contributed by atoms with van der Waals surface area (Å²) >= 11 is 0. The molecule has 0 atom stereocenters. The van der Waals surface area contributed by atoms with Gasteiger partial charge in [-0.15, -0.1) is 17.5 Å². The second-order valence-electron chi connectivity index (χ2n) is 4.41. The molecule has 1 aromatic heterocycles. The molecule has 0 radical (unpaired) electrons. The number of halogens is 1. The molecule has 7 heteroatoms. The highest BCUT2D eigenvalue weighted by molar-refractivity contribution is 5.85. The Morgan fingerprint density at radius 3 is 2.71 bits per heavy atom. The summed E-state index contributed by atoms with van der Waals surface area (Å²) in [6, 6.07) is 8.51. The van der Waals surface area contributed by atoms with Gasteiger partial charge in [0.25, 0.3) is 0 Å². The van der Waals surface area contributed by atoms with Crippen LogP contribution in [0.3, 0.4) is 0 Å². The number of likely N-dealkylation sites (N-methyl/N-ethyl adjacent to an activating group) is 1. The largest absolute Gasteiger partial charge is 0.491 e. The predicted octanol–water partition coefficient (Wildman–Crippen LogP) is 2.03. The lowest BCUT2D eigenvalue weighted by atomic mass is 10.1. The first-order valence-corrected chi connectivity index (χ1v) is 6.69. The molecule has 1 heterocycles. The Morgan fingerprint density at radius 1 is 1.29 bits per heavy atom. The second-order valence-corrected chi connectivity index (χ2v) is 4.41. The van der Waals surface area contributed by atoms with Crippen molar-refractivity contribution in [3.8, 4) is 5.75 Å². The molecule has 0 unspecified atom stereocenters. The number of para-hydroxylation sites is 1. The standard InChI is InChI=1S/C14H20N4O2.ClH/c1-3-11-6-4-5-7-12(11)19-9-8-18(2)14-17-16-13(10-15)20-14;/h4-7H,3,8-10,15H2,1-2H3;1H. The lowest BCUT2D eigenvalue weighted by Crippen LogP contribution is -2.24. The molecule has 0 fully saturated rings. The highest BCUT2D eigenvalue weighted by atomic mass is 35.5. The van der Waals surface area contributed by atoms with E-state index < -0.39 is 0 Å². The number of anilines is 1. The highest BCUT2D eigenvalue weighted by Crippen LogP contribution is 2.18. The molecule has 21 heavy (non-hydrogen) atoms. The zero-order valence-corrected chi connectivity index (χ0v) is 13.1. The van der Waals surface area contributed by atoms with E-state index in [1.165, 1.54) is 5.56 Å². The van der Waals surface area contributed by atoms with Gasteiger partial charge in [0.05, 0.1) is 13.1 Å². The monoisotopic (exact) mass is 312 g/mol. The third-order valence-corrected chi connectivity index (χ3v) is 3.00. The summed E-state index contributed by atoms with van der Waals surface area (Å²) in [5.74, 6) is 1.36. The molecule has 0 spiro atoms. The van der Waals surface area contributed by atoms with Gasteiger partial charge in [-0.2, -0.15) is 0 Å². The molecule has 2 N–H and O–H groups in total. The maximum Gasteiger partial charge on any atom is 0.318 e. The number of nitrogens with zero attached hydrogens (tertiary/aromatic N) is 3. The van der Waals surface area contributed by atoms with E-state index in [4.69, 9.17) is 14.9 Å². The maximum atomic E-state index is 5.80. The Balaban J connectivity index is 0.00000220. The van der Waals surface area contributed by atoms with Gasteiger partial charge in [-0.05, 0) is 18.1 Å². The first-order chi connectivity index (χ1) is 9.74. The summed E-state index contributed by atoms with van der Waals surface area (Å²) in [7, 11) is 1.88. The topological polar surface area (TPSA) is 77.4 Å². The molecule has 6 nitrogen and oxygen atoms in total. The second kappa shape index (κ2) is 8.49. The predicted molar refractivity (Wildman–Crippen MR) is 84.0 cm³/mol. The molecule has 0 aliphatic heterocycles. The third kappa shape index (κ3) is 4.61. The SMILES string of the molecule is CCc1ccccc1OCCN(C)c1nnc(CN)o1.Cl. The molecule has 0 bridgehead atoms. The van der Waals surface area contributed by atoms with Gasteiger partial charge >= 0.3 is 6.01 Å². The van der Waals surface area contributed by atoms with E-state index in [2.05, 4.69) is 23.2 Å². The van der Waals surface area contributed by atoms with Gasteiger partial charge < -0.3 is 19.8 Å². The zero-order chi connectivity index (χ0) is 14.4. The van der Waals surface area contributed by atoms with Crippen LogP contribution in [0.2, 0.25) is 0 Å². The number of rotatable bonds is 7. The lowest BCUT2D eigenvalue weighted by Gasteiger charge is -2.15. The summed E-state index contributed by atoms with van der Waals surface area (Å²) in [4.78, 5) is 1.85. The number of hydrogen-bond donors (Lipinski definition) is 1. The summed E-state index contributed by atoms with van der Waals surface area (Å²) in [5, 5.41) is 7.75. The van der Waals surface area contributed by atoms with Crippen molar-refractivity contribution in [1.82, 2.24) is 10.2 Å². The van der Waals surface area contributed by atoms with Crippen LogP contribution >= 0.6 is 12.4 Å². The first kappa shape index (κ1) is 17.3. The number of aromatic nitrogens is 2. The Hall–Kier alpha value is -1.79. The molecule has 1 aromatic carbocycles. The van der Waals surface area contributed by atoms with Crippen molar-refractivity contribution in [2.45, 2.75) is 19.9 Å². The van der Waals surface area contributed by atoms with Crippen molar-refractivity contribution in [3.05, 3.63) is 35.7 Å². The van der Waals surface area contributed by atoms with Gasteiger partial charge in [0.15, 0.2) is 0 Å². The molecule has 0 saturated heterocycles. The number of nitrogens with two attached hydrogens (primary N) is 1. The minimum atomic E-state index is 0. The summed E-state index contributed by atoms with van der Waals surface area (Å²) < 4.78 is 11.2. The molecule has 0 amide bonds. The van der Waals surface area contributed by atoms with E-state index >= 15 is 0 Å². The van der Waals surface area contributed by atoms with Crippen LogP contribution in [0, 0.1) is 0 Å². The number of benzene rings is 1. The Kier molecular flexibility index (Phi) is 6.98. The Labute approximate surface area is 130 Å². The van der Waals surface area contributed by atoms with Crippen LogP contribution < -0.4 is 15.4 Å². The highest BCUT2D eigenvalue weighted by Gasteiger charge is 2.10. The fourth-order valence-electron chi connectivity index (χ4n) is 1.81. The summed E-state index contributed by atoms with van der Waals surface area (Å²) in [5.41, 5.74) is 6.64. The van der Waals surface area contributed by atoms with Gasteiger partial charge in [-0.3, -0.25) is 0 Å². The number of ether oxygens (including phenoxy) is 1. The Morgan fingerprint density at radius 2 is 2.05 bits per heavy atom. The van der Waals surface area contributed by atoms with Crippen LogP contribution in [-0.2, 0) is 13.0 Å². The third-order valence-electron chi connectivity index (χ3n) is 3.00. The molecule has 0 aliphatic carbocycles. The molecular weight excluding hydrogens is 292 g/mol. The van der Waals surface area contributed by atoms with Crippen molar-refractivity contribution in [2.75, 3.05) is 25.1 Å². The van der Waals surface area contributed by atoms with Gasteiger partial charge in [0, 0.05) is 7.05 Å². The lowest BCUT2D eigenvalue weighted by molar-refractivity contribution is 0.319. The van der Waals surface area contributed by atoms with Crippen LogP contribution in [0.4, 0.5) is 6.01 Å². The number of hydrogen-bond acceptors (Lipinski definition) is 6. The zero-order valence-electron chi connectivity index (χ0n) is 12.3. The summed E-state index contributed by atoms with van der Waals surface area (Å²) in [6.45, 7) is 3.57. The van der Waals surface area contributed by atoms with Gasteiger partial charge in [0.1, 0.15) is 12.4 Å². The fraction of sp³-hybridized carbons (Fsp3) is 0.429. The minimum absolute atomic E-state index is 0. The quantitative estimate of drug-likeness (QED) is 0.843.